The molecular weight excluding hydrogens is 320 g/mol. The van der Waals surface area contributed by atoms with Crippen molar-refractivity contribution < 1.29 is 27.5 Å². The van der Waals surface area contributed by atoms with Crippen molar-refractivity contribution in [3.63, 3.8) is 0 Å². The lowest BCUT2D eigenvalue weighted by Crippen LogP contribution is -2.17. The van der Waals surface area contributed by atoms with Crippen LogP contribution in [0.1, 0.15) is 40.5 Å². The lowest BCUT2D eigenvalue weighted by molar-refractivity contribution is 0.0465. The number of ether oxygens (including phenoxy) is 2. The van der Waals surface area contributed by atoms with Gasteiger partial charge in [-0.2, -0.15) is 0 Å². The molecule has 126 valence electrons. The van der Waals surface area contributed by atoms with Crippen molar-refractivity contribution in [2.45, 2.75) is 19.8 Å². The van der Waals surface area contributed by atoms with Crippen molar-refractivity contribution in [1.29, 1.82) is 0 Å². The zero-order chi connectivity index (χ0) is 17.3. The number of rotatable bonds is 9. The fraction of sp³-hybridized carbons (Fsp3) is 0.375. The third kappa shape index (κ3) is 6.23. The number of esters is 2. The Morgan fingerprint density at radius 3 is 2.09 bits per heavy atom. The average molecular weight is 340 g/mol. The minimum absolute atomic E-state index is 0.0463. The monoisotopic (exact) mass is 340 g/mol. The number of sulfone groups is 1. The van der Waals surface area contributed by atoms with E-state index >= 15 is 0 Å². The molecule has 0 N–H and O–H groups in total. The quantitative estimate of drug-likeness (QED) is 0.506. The molecule has 0 aromatic heterocycles. The van der Waals surface area contributed by atoms with Crippen molar-refractivity contribution in [2.24, 2.45) is 0 Å². The summed E-state index contributed by atoms with van der Waals surface area (Å²) in [6, 6.07) is 6.08. The van der Waals surface area contributed by atoms with E-state index in [0.29, 0.717) is 0 Å². The van der Waals surface area contributed by atoms with Crippen molar-refractivity contribution in [3.05, 3.63) is 47.4 Å². The molecule has 0 heterocycles. The summed E-state index contributed by atoms with van der Waals surface area (Å²) >= 11 is 0. The summed E-state index contributed by atoms with van der Waals surface area (Å²) in [5, 5.41) is 0.805. The summed E-state index contributed by atoms with van der Waals surface area (Å²) < 4.78 is 32.5. The Morgan fingerprint density at radius 2 is 1.61 bits per heavy atom. The maximum Gasteiger partial charge on any atom is 0.339 e. The van der Waals surface area contributed by atoms with Crippen LogP contribution in [0.3, 0.4) is 0 Å². The van der Waals surface area contributed by atoms with Gasteiger partial charge < -0.3 is 9.47 Å². The number of carbonyl (C=O) groups excluding carboxylic acids is 2. The zero-order valence-corrected chi connectivity index (χ0v) is 13.8. The molecular formula is C16H20O6S. The van der Waals surface area contributed by atoms with Gasteiger partial charge >= 0.3 is 11.9 Å². The summed E-state index contributed by atoms with van der Waals surface area (Å²) in [7, 11) is -3.44. The Morgan fingerprint density at radius 1 is 1.09 bits per heavy atom. The number of benzene rings is 1. The van der Waals surface area contributed by atoms with E-state index < -0.39 is 21.8 Å². The summed E-state index contributed by atoms with van der Waals surface area (Å²) in [5.74, 6) is -1.73. The lowest BCUT2D eigenvalue weighted by atomic mass is 10.1. The van der Waals surface area contributed by atoms with Gasteiger partial charge in [0, 0.05) is 5.41 Å². The number of unbranched alkanes of at least 4 members (excludes halogenated alkanes) is 1. The molecule has 1 aromatic carbocycles. The van der Waals surface area contributed by atoms with Crippen molar-refractivity contribution >= 4 is 21.8 Å². The van der Waals surface area contributed by atoms with E-state index in [1.54, 1.807) is 12.1 Å². The van der Waals surface area contributed by atoms with E-state index in [2.05, 4.69) is 6.58 Å². The standard InChI is InChI=1S/C16H20O6S/c1-3-5-10-21-15(17)13-8-6-7-9-14(13)16(18)22-11-12-23(19,20)4-2/h4,6-9H,2-3,5,10-12H2,1H3. The average Bonchev–Trinajstić information content (AvgIpc) is 2.54. The van der Waals surface area contributed by atoms with Gasteiger partial charge in [0.1, 0.15) is 6.61 Å². The van der Waals surface area contributed by atoms with Gasteiger partial charge in [0.25, 0.3) is 0 Å². The highest BCUT2D eigenvalue weighted by atomic mass is 32.2. The number of hydrogen-bond donors (Lipinski definition) is 0. The van der Waals surface area contributed by atoms with Gasteiger partial charge in [-0.3, -0.25) is 0 Å². The third-order valence-corrected chi connectivity index (χ3v) is 4.20. The molecule has 0 atom stereocenters. The second-order valence-electron chi connectivity index (χ2n) is 4.70. The van der Waals surface area contributed by atoms with Crippen LogP contribution in [-0.4, -0.2) is 39.3 Å². The molecule has 7 heteroatoms. The Hall–Kier alpha value is -2.15. The van der Waals surface area contributed by atoms with Gasteiger partial charge in [-0.25, -0.2) is 18.0 Å². The van der Waals surface area contributed by atoms with Crippen LogP contribution in [-0.2, 0) is 19.3 Å². The molecule has 0 saturated heterocycles. The molecule has 0 radical (unpaired) electrons. The first-order valence-electron chi connectivity index (χ1n) is 7.19. The molecule has 0 fully saturated rings. The van der Waals surface area contributed by atoms with Crippen LogP contribution < -0.4 is 0 Å². The fourth-order valence-electron chi connectivity index (χ4n) is 1.64. The smallest absolute Gasteiger partial charge is 0.339 e. The van der Waals surface area contributed by atoms with E-state index in [9.17, 15) is 18.0 Å². The van der Waals surface area contributed by atoms with E-state index in [-0.39, 0.29) is 30.1 Å². The van der Waals surface area contributed by atoms with Crippen molar-refractivity contribution in [3.8, 4) is 0 Å². The fourth-order valence-corrected chi connectivity index (χ4v) is 2.12. The molecule has 0 aliphatic carbocycles. The highest BCUT2D eigenvalue weighted by Crippen LogP contribution is 2.12. The second-order valence-corrected chi connectivity index (χ2v) is 6.77. The number of hydrogen-bond acceptors (Lipinski definition) is 6. The summed E-state index contributed by atoms with van der Waals surface area (Å²) in [6.07, 6.45) is 1.62. The Bertz CT molecular complexity index is 663. The summed E-state index contributed by atoms with van der Waals surface area (Å²) in [6.45, 7) is 5.10. The molecule has 0 aliphatic rings. The van der Waals surface area contributed by atoms with Crippen LogP contribution in [0.2, 0.25) is 0 Å². The molecule has 23 heavy (non-hydrogen) atoms. The maximum atomic E-state index is 12.0. The minimum Gasteiger partial charge on any atom is -0.462 e. The van der Waals surface area contributed by atoms with Crippen LogP contribution in [0.5, 0.6) is 0 Å². The van der Waals surface area contributed by atoms with Crippen LogP contribution >= 0.6 is 0 Å². The van der Waals surface area contributed by atoms with Crippen LogP contribution in [0.4, 0.5) is 0 Å². The van der Waals surface area contributed by atoms with Crippen molar-refractivity contribution in [1.82, 2.24) is 0 Å². The number of carbonyl (C=O) groups is 2. The summed E-state index contributed by atoms with van der Waals surface area (Å²) in [5.41, 5.74) is 0.144. The molecule has 0 saturated carbocycles. The van der Waals surface area contributed by atoms with Crippen molar-refractivity contribution in [2.75, 3.05) is 19.0 Å². The molecule has 0 spiro atoms. The summed E-state index contributed by atoms with van der Waals surface area (Å²) in [4.78, 5) is 24.0. The Kier molecular flexibility index (Phi) is 7.47. The van der Waals surface area contributed by atoms with E-state index in [1.807, 2.05) is 6.92 Å². The zero-order valence-electron chi connectivity index (χ0n) is 13.0. The van der Waals surface area contributed by atoms with Gasteiger partial charge in [0.05, 0.1) is 23.5 Å². The van der Waals surface area contributed by atoms with Gasteiger partial charge in [-0.15, -0.1) is 0 Å². The largest absolute Gasteiger partial charge is 0.462 e. The van der Waals surface area contributed by atoms with Gasteiger partial charge in [0.2, 0.25) is 0 Å². The van der Waals surface area contributed by atoms with Gasteiger partial charge in [-0.05, 0) is 18.6 Å². The van der Waals surface area contributed by atoms with Gasteiger partial charge in [-0.1, -0.05) is 32.1 Å². The molecule has 1 aromatic rings. The Balaban J connectivity index is 2.74. The molecule has 0 unspecified atom stereocenters. The van der Waals surface area contributed by atoms with Crippen LogP contribution in [0.15, 0.2) is 36.3 Å². The van der Waals surface area contributed by atoms with Gasteiger partial charge in [0.15, 0.2) is 9.84 Å². The first kappa shape index (κ1) is 18.9. The van der Waals surface area contributed by atoms with E-state index in [1.165, 1.54) is 12.1 Å². The molecule has 6 nitrogen and oxygen atoms in total. The molecule has 1 rings (SSSR count). The topological polar surface area (TPSA) is 86.7 Å². The maximum absolute atomic E-state index is 12.0. The first-order valence-corrected chi connectivity index (χ1v) is 8.91. The predicted molar refractivity (Wildman–Crippen MR) is 85.9 cm³/mol. The van der Waals surface area contributed by atoms with Crippen LogP contribution in [0.25, 0.3) is 0 Å². The second kappa shape index (κ2) is 9.09. The molecule has 0 amide bonds. The van der Waals surface area contributed by atoms with E-state index in [0.717, 1.165) is 18.2 Å². The first-order chi connectivity index (χ1) is 10.9. The Labute approximate surface area is 136 Å². The van der Waals surface area contributed by atoms with E-state index in [4.69, 9.17) is 9.47 Å². The lowest BCUT2D eigenvalue weighted by Gasteiger charge is -2.09. The minimum atomic E-state index is -3.44. The predicted octanol–water partition coefficient (Wildman–Crippen LogP) is 2.36. The highest BCUT2D eigenvalue weighted by molar-refractivity contribution is 7.94. The van der Waals surface area contributed by atoms with Crippen LogP contribution in [0, 0.1) is 0 Å². The SMILES string of the molecule is C=CS(=O)(=O)CCOC(=O)c1ccccc1C(=O)OCCCC. The highest BCUT2D eigenvalue weighted by Gasteiger charge is 2.19. The third-order valence-electron chi connectivity index (χ3n) is 2.95. The molecule has 0 aliphatic heterocycles. The molecule has 0 bridgehead atoms. The normalized spacial score (nSPS) is 10.8.